The molecule has 3 N–H and O–H groups in total. The highest BCUT2D eigenvalue weighted by molar-refractivity contribution is 9.10. The Kier molecular flexibility index (Phi) is 4.64. The van der Waals surface area contributed by atoms with E-state index in [4.69, 9.17) is 5.73 Å². The van der Waals surface area contributed by atoms with Crippen LogP contribution < -0.4 is 16.6 Å². The molecule has 2 saturated carbocycles. The predicted molar refractivity (Wildman–Crippen MR) is 87.3 cm³/mol. The largest absolute Gasteiger partial charge is 0.380 e. The molecular formula is C15H23BrN4O. The van der Waals surface area contributed by atoms with E-state index in [2.05, 4.69) is 26.3 Å². The molecule has 0 amide bonds. The third-order valence-corrected chi connectivity index (χ3v) is 5.43. The molecule has 1 heterocycles. The molecule has 0 spiro atoms. The molecule has 5 nitrogen and oxygen atoms in total. The first-order chi connectivity index (χ1) is 10.2. The molecule has 3 rings (SSSR count). The average molecular weight is 355 g/mol. The van der Waals surface area contributed by atoms with E-state index < -0.39 is 0 Å². The van der Waals surface area contributed by atoms with Crippen LogP contribution in [0, 0.1) is 11.8 Å². The molecule has 0 bridgehead atoms. The van der Waals surface area contributed by atoms with Crippen LogP contribution in [0.5, 0.6) is 0 Å². The highest BCUT2D eigenvalue weighted by Gasteiger charge is 2.26. The van der Waals surface area contributed by atoms with E-state index in [0.717, 1.165) is 25.1 Å². The summed E-state index contributed by atoms with van der Waals surface area (Å²) in [5, 5.41) is 7.80. The van der Waals surface area contributed by atoms with Gasteiger partial charge in [0, 0.05) is 12.6 Å². The summed E-state index contributed by atoms with van der Waals surface area (Å²) < 4.78 is 2.17. The van der Waals surface area contributed by atoms with Crippen LogP contribution in [0.2, 0.25) is 0 Å². The van der Waals surface area contributed by atoms with Crippen LogP contribution >= 0.6 is 15.9 Å². The molecule has 116 valence electrons. The molecule has 2 atom stereocenters. The first kappa shape index (κ1) is 15.0. The van der Waals surface area contributed by atoms with Gasteiger partial charge in [0.25, 0.3) is 5.56 Å². The van der Waals surface area contributed by atoms with Crippen molar-refractivity contribution >= 4 is 21.6 Å². The summed E-state index contributed by atoms with van der Waals surface area (Å²) in [4.78, 5) is 12.3. The van der Waals surface area contributed by atoms with Crippen molar-refractivity contribution in [1.82, 2.24) is 9.78 Å². The number of hydrogen-bond acceptors (Lipinski definition) is 4. The molecule has 0 aliphatic heterocycles. The summed E-state index contributed by atoms with van der Waals surface area (Å²) in [5.41, 5.74) is 6.64. The monoisotopic (exact) mass is 354 g/mol. The second kappa shape index (κ2) is 6.48. The number of anilines is 1. The third-order valence-electron chi connectivity index (χ3n) is 4.67. The predicted octanol–water partition coefficient (Wildman–Crippen LogP) is 2.35. The Morgan fingerprint density at radius 3 is 2.81 bits per heavy atom. The smallest absolute Gasteiger partial charge is 0.283 e. The number of hydrogen-bond donors (Lipinski definition) is 2. The van der Waals surface area contributed by atoms with Crippen molar-refractivity contribution in [3.05, 3.63) is 21.0 Å². The minimum absolute atomic E-state index is 0.0352. The van der Waals surface area contributed by atoms with Crippen molar-refractivity contribution in [2.45, 2.75) is 51.1 Å². The van der Waals surface area contributed by atoms with Crippen LogP contribution in [0.25, 0.3) is 0 Å². The molecule has 0 radical (unpaired) electrons. The zero-order valence-corrected chi connectivity index (χ0v) is 13.8. The van der Waals surface area contributed by atoms with Crippen molar-refractivity contribution < 1.29 is 0 Å². The fraction of sp³-hybridized carbons (Fsp3) is 0.733. The molecule has 1 aromatic heterocycles. The number of rotatable bonds is 5. The molecule has 1 aromatic rings. The van der Waals surface area contributed by atoms with Crippen molar-refractivity contribution in [3.63, 3.8) is 0 Å². The normalized spacial score (nSPS) is 25.8. The minimum Gasteiger partial charge on any atom is -0.380 e. The first-order valence-corrected chi connectivity index (χ1v) is 8.70. The quantitative estimate of drug-likeness (QED) is 0.850. The van der Waals surface area contributed by atoms with Gasteiger partial charge in [0.1, 0.15) is 4.47 Å². The Labute approximate surface area is 133 Å². The van der Waals surface area contributed by atoms with E-state index in [-0.39, 0.29) is 5.56 Å². The van der Waals surface area contributed by atoms with Gasteiger partial charge in [-0.15, -0.1) is 0 Å². The number of nitrogens with one attached hydrogen (secondary N) is 1. The molecule has 2 aliphatic carbocycles. The Morgan fingerprint density at radius 1 is 1.33 bits per heavy atom. The maximum absolute atomic E-state index is 12.3. The van der Waals surface area contributed by atoms with Crippen molar-refractivity contribution in [1.29, 1.82) is 0 Å². The Balaban J connectivity index is 1.75. The van der Waals surface area contributed by atoms with Gasteiger partial charge in [-0.2, -0.15) is 5.10 Å². The summed E-state index contributed by atoms with van der Waals surface area (Å²) in [7, 11) is 0. The lowest BCUT2D eigenvalue weighted by Gasteiger charge is -2.32. The first-order valence-electron chi connectivity index (χ1n) is 7.91. The van der Waals surface area contributed by atoms with Crippen molar-refractivity contribution in [2.24, 2.45) is 17.6 Å². The minimum atomic E-state index is -0.0352. The van der Waals surface area contributed by atoms with Crippen LogP contribution in [0.3, 0.4) is 0 Å². The topological polar surface area (TPSA) is 72.9 Å². The van der Waals surface area contributed by atoms with Gasteiger partial charge in [-0.1, -0.05) is 12.8 Å². The lowest BCUT2D eigenvalue weighted by molar-refractivity contribution is 0.332. The Morgan fingerprint density at radius 2 is 2.10 bits per heavy atom. The second-order valence-corrected chi connectivity index (χ2v) is 7.13. The van der Waals surface area contributed by atoms with Gasteiger partial charge in [0.15, 0.2) is 0 Å². The summed E-state index contributed by atoms with van der Waals surface area (Å²) >= 11 is 3.44. The summed E-state index contributed by atoms with van der Waals surface area (Å²) in [5.74, 6) is 1.13. The van der Waals surface area contributed by atoms with Crippen LogP contribution in [-0.2, 0) is 6.54 Å². The third kappa shape index (κ3) is 3.48. The van der Waals surface area contributed by atoms with Gasteiger partial charge >= 0.3 is 0 Å². The highest BCUT2D eigenvalue weighted by Crippen LogP contribution is 2.31. The zero-order valence-electron chi connectivity index (χ0n) is 12.2. The van der Waals surface area contributed by atoms with E-state index in [1.165, 1.54) is 25.7 Å². The maximum Gasteiger partial charge on any atom is 0.283 e. The fourth-order valence-corrected chi connectivity index (χ4v) is 3.54. The highest BCUT2D eigenvalue weighted by atomic mass is 79.9. The van der Waals surface area contributed by atoms with Crippen LogP contribution in [0.15, 0.2) is 15.5 Å². The molecule has 21 heavy (non-hydrogen) atoms. The molecule has 2 fully saturated rings. The Bertz CT molecular complexity index is 555. The number of aromatic nitrogens is 2. The summed E-state index contributed by atoms with van der Waals surface area (Å²) in [6.45, 7) is 1.44. The van der Waals surface area contributed by atoms with E-state index >= 15 is 0 Å². The van der Waals surface area contributed by atoms with E-state index in [0.29, 0.717) is 28.9 Å². The van der Waals surface area contributed by atoms with Crippen LogP contribution in [0.1, 0.15) is 38.5 Å². The second-order valence-electron chi connectivity index (χ2n) is 6.33. The zero-order chi connectivity index (χ0) is 14.8. The fourth-order valence-electron chi connectivity index (χ4n) is 3.12. The van der Waals surface area contributed by atoms with Gasteiger partial charge in [-0.25, -0.2) is 4.68 Å². The van der Waals surface area contributed by atoms with E-state index in [9.17, 15) is 4.79 Å². The molecule has 0 aromatic carbocycles. The maximum atomic E-state index is 12.3. The number of halogens is 1. The Hall–Kier alpha value is -0.880. The summed E-state index contributed by atoms with van der Waals surface area (Å²) in [6.07, 6.45) is 8.95. The average Bonchev–Trinajstić information content (AvgIpc) is 3.31. The molecule has 6 heteroatoms. The van der Waals surface area contributed by atoms with E-state index in [1.807, 2.05) is 0 Å². The van der Waals surface area contributed by atoms with E-state index in [1.54, 1.807) is 10.9 Å². The van der Waals surface area contributed by atoms with Crippen molar-refractivity contribution in [2.75, 3.05) is 11.9 Å². The van der Waals surface area contributed by atoms with Crippen LogP contribution in [0.4, 0.5) is 5.69 Å². The van der Waals surface area contributed by atoms with Crippen LogP contribution in [-0.4, -0.2) is 22.4 Å². The van der Waals surface area contributed by atoms with Gasteiger partial charge in [0.2, 0.25) is 0 Å². The number of nitrogens with zero attached hydrogens (tertiary/aromatic N) is 2. The summed E-state index contributed by atoms with van der Waals surface area (Å²) in [6, 6.07) is 0.348. The lowest BCUT2D eigenvalue weighted by Crippen LogP contribution is -2.37. The van der Waals surface area contributed by atoms with Gasteiger partial charge in [-0.05, 0) is 60.0 Å². The number of nitrogens with two attached hydrogens (primary N) is 1. The molecule has 2 unspecified atom stereocenters. The van der Waals surface area contributed by atoms with Gasteiger partial charge in [0.05, 0.1) is 11.9 Å². The standard InChI is InChI=1S/C15H23BrN4O/c16-14-13(19-12-4-2-1-3-11(12)7-17)8-18-20(15(14)21)9-10-5-6-10/h8,10-12,19H,1-7,9,17H2. The van der Waals surface area contributed by atoms with Gasteiger partial charge in [-0.3, -0.25) is 4.79 Å². The molecule has 2 aliphatic rings. The molecular weight excluding hydrogens is 332 g/mol. The van der Waals surface area contributed by atoms with Crippen molar-refractivity contribution in [3.8, 4) is 0 Å². The molecule has 0 saturated heterocycles. The van der Waals surface area contributed by atoms with Gasteiger partial charge < -0.3 is 11.1 Å². The SMILES string of the molecule is NCC1CCCCC1Nc1cnn(CC2CC2)c(=O)c1Br. The lowest BCUT2D eigenvalue weighted by atomic mass is 9.84.